The van der Waals surface area contributed by atoms with Crippen LogP contribution in [-0.4, -0.2) is 36.1 Å². The highest BCUT2D eigenvalue weighted by Gasteiger charge is 2.35. The summed E-state index contributed by atoms with van der Waals surface area (Å²) in [5.74, 6) is -1.30. The zero-order valence-electron chi connectivity index (χ0n) is 16.0. The summed E-state index contributed by atoms with van der Waals surface area (Å²) < 4.78 is 39.7. The van der Waals surface area contributed by atoms with Crippen molar-refractivity contribution in [3.8, 4) is 0 Å². The number of fused-ring (bicyclic) bond motifs is 1. The lowest BCUT2D eigenvalue weighted by molar-refractivity contribution is 0.0306. The number of hydrogen-bond acceptors (Lipinski definition) is 5. The van der Waals surface area contributed by atoms with Crippen LogP contribution in [0.3, 0.4) is 0 Å². The molecule has 4 aromatic rings. The van der Waals surface area contributed by atoms with Crippen molar-refractivity contribution in [1.29, 1.82) is 0 Å². The van der Waals surface area contributed by atoms with Crippen LogP contribution in [0.2, 0.25) is 0 Å². The van der Waals surface area contributed by atoms with Gasteiger partial charge in [0.15, 0.2) is 10.7 Å². The maximum Gasteiger partial charge on any atom is 0.153 e. The average Bonchev–Trinajstić information content (AvgIpc) is 3.19. The summed E-state index contributed by atoms with van der Waals surface area (Å²) in [6.45, 7) is 0. The predicted molar refractivity (Wildman–Crippen MR) is 108 cm³/mol. The molecule has 0 radical (unpaired) electrons. The highest BCUT2D eigenvalue weighted by atomic mass is 32.2. The van der Waals surface area contributed by atoms with E-state index in [1.807, 2.05) is 6.07 Å². The lowest BCUT2D eigenvalue weighted by Gasteiger charge is -2.28. The highest BCUT2D eigenvalue weighted by molar-refractivity contribution is 7.90. The smallest absolute Gasteiger partial charge is 0.153 e. The minimum atomic E-state index is -1.74. The Morgan fingerprint density at radius 2 is 1.93 bits per heavy atom. The fraction of sp³-hybridized carbons (Fsp3) is 0.190. The van der Waals surface area contributed by atoms with E-state index in [4.69, 9.17) is 0 Å². The normalized spacial score (nSPS) is 14.6. The summed E-state index contributed by atoms with van der Waals surface area (Å²) in [6.07, 6.45) is 2.83. The molecule has 154 valence electrons. The van der Waals surface area contributed by atoms with E-state index in [9.17, 15) is 18.4 Å². The second kappa shape index (κ2) is 8.10. The number of aromatic amines is 1. The first-order chi connectivity index (χ1) is 14.3. The summed E-state index contributed by atoms with van der Waals surface area (Å²) in [5, 5.41) is 18.7. The molecule has 2 unspecified atom stereocenters. The number of nitrogens with zero attached hydrogens (tertiary/aromatic N) is 3. The van der Waals surface area contributed by atoms with Gasteiger partial charge in [0, 0.05) is 41.6 Å². The maximum atomic E-state index is 14.6. The topological polar surface area (TPSA) is 97.8 Å². The molecule has 0 bridgehead atoms. The predicted octanol–water partition coefficient (Wildman–Crippen LogP) is 3.04. The molecule has 0 saturated carbocycles. The molecule has 0 amide bonds. The van der Waals surface area contributed by atoms with E-state index in [0.717, 1.165) is 17.5 Å². The van der Waals surface area contributed by atoms with Crippen molar-refractivity contribution in [2.24, 2.45) is 0 Å². The third-order valence-electron chi connectivity index (χ3n) is 4.87. The summed E-state index contributed by atoms with van der Waals surface area (Å²) in [7, 11) is 0. The number of nitrogens with one attached hydrogen (secondary N) is 1. The van der Waals surface area contributed by atoms with E-state index < -0.39 is 28.4 Å². The van der Waals surface area contributed by atoms with Crippen molar-refractivity contribution < 1.29 is 18.4 Å². The van der Waals surface area contributed by atoms with Crippen LogP contribution in [0.4, 0.5) is 8.78 Å². The van der Waals surface area contributed by atoms with Crippen LogP contribution in [0.25, 0.3) is 10.9 Å². The Bertz CT molecular complexity index is 1190. The van der Waals surface area contributed by atoms with Crippen molar-refractivity contribution in [3.05, 3.63) is 83.6 Å². The highest BCUT2D eigenvalue weighted by Crippen LogP contribution is 2.31. The molecule has 0 aliphatic carbocycles. The Labute approximate surface area is 174 Å². The first-order valence-electron chi connectivity index (χ1n) is 9.10. The van der Waals surface area contributed by atoms with Gasteiger partial charge in [0.1, 0.15) is 29.8 Å². The molecule has 4 rings (SSSR count). The minimum Gasteiger partial charge on any atom is -0.612 e. The van der Waals surface area contributed by atoms with Crippen LogP contribution in [0, 0.1) is 11.6 Å². The Kier molecular flexibility index (Phi) is 5.50. The van der Waals surface area contributed by atoms with Gasteiger partial charge in [-0.15, -0.1) is 0 Å². The van der Waals surface area contributed by atoms with Gasteiger partial charge in [-0.3, -0.25) is 10.1 Å². The first kappa shape index (κ1) is 20.4. The number of H-pyrrole nitrogens is 1. The summed E-state index contributed by atoms with van der Waals surface area (Å²) in [6, 6.07) is 11.9. The quantitative estimate of drug-likeness (QED) is 0.460. The second-order valence-corrected chi connectivity index (χ2v) is 8.42. The van der Waals surface area contributed by atoms with E-state index in [0.29, 0.717) is 16.1 Å². The van der Waals surface area contributed by atoms with Gasteiger partial charge >= 0.3 is 0 Å². The molecule has 2 N–H and O–H groups in total. The van der Waals surface area contributed by atoms with Gasteiger partial charge in [0.05, 0.1) is 5.52 Å². The van der Waals surface area contributed by atoms with Crippen LogP contribution in [-0.2, 0) is 29.6 Å². The molecule has 6 nitrogen and oxygen atoms in total. The van der Waals surface area contributed by atoms with Crippen LogP contribution in [0.5, 0.6) is 0 Å². The molecule has 9 heteroatoms. The Morgan fingerprint density at radius 3 is 2.63 bits per heavy atom. The Hall–Kier alpha value is -2.88. The number of aliphatic hydroxyl groups is 1. The molecule has 30 heavy (non-hydrogen) atoms. The van der Waals surface area contributed by atoms with Crippen molar-refractivity contribution in [1.82, 2.24) is 20.2 Å². The summed E-state index contributed by atoms with van der Waals surface area (Å²) in [5.41, 5.74) is -0.644. The maximum absolute atomic E-state index is 14.6. The standard InChI is InChI=1S/C21H18F2N4O2S/c1-30(29)16-5-7-19-13(8-16)2-4-15(26-19)10-21(28,11-20-24-12-25-27-20)17-6-3-14(22)9-18(17)23/h2-9,12,28H,10-11H2,1H3,(H,24,25,27). The van der Waals surface area contributed by atoms with Gasteiger partial charge in [-0.05, 0) is 35.4 Å². The number of pyridine rings is 1. The molecule has 2 aromatic carbocycles. The fourth-order valence-corrected chi connectivity index (χ4v) is 3.98. The number of halogens is 2. The minimum absolute atomic E-state index is 0.0402. The summed E-state index contributed by atoms with van der Waals surface area (Å²) >= 11 is -1.11. The number of aromatic nitrogens is 4. The van der Waals surface area contributed by atoms with Crippen LogP contribution in [0.15, 0.2) is 59.8 Å². The van der Waals surface area contributed by atoms with Crippen LogP contribution < -0.4 is 0 Å². The average molecular weight is 428 g/mol. The molecule has 0 fully saturated rings. The first-order valence-corrected chi connectivity index (χ1v) is 10.7. The van der Waals surface area contributed by atoms with E-state index in [1.165, 1.54) is 12.4 Å². The number of hydrogen-bond donors (Lipinski definition) is 2. The monoisotopic (exact) mass is 428 g/mol. The zero-order chi connectivity index (χ0) is 21.3. The molecule has 0 saturated heterocycles. The van der Waals surface area contributed by atoms with E-state index in [-0.39, 0.29) is 24.2 Å². The molecule has 0 spiro atoms. The molecular weight excluding hydrogens is 410 g/mol. The molecule has 2 atom stereocenters. The lowest BCUT2D eigenvalue weighted by Crippen LogP contribution is -2.33. The van der Waals surface area contributed by atoms with Crippen molar-refractivity contribution >= 4 is 22.1 Å². The van der Waals surface area contributed by atoms with Crippen molar-refractivity contribution in [2.45, 2.75) is 23.3 Å². The van der Waals surface area contributed by atoms with E-state index >= 15 is 0 Å². The molecular formula is C21H18F2N4O2S. The Balaban J connectivity index is 1.73. The third-order valence-corrected chi connectivity index (χ3v) is 5.79. The van der Waals surface area contributed by atoms with Gasteiger partial charge in [-0.2, -0.15) is 5.10 Å². The second-order valence-electron chi connectivity index (χ2n) is 7.04. The largest absolute Gasteiger partial charge is 0.612 e. The number of benzene rings is 2. The van der Waals surface area contributed by atoms with Gasteiger partial charge in [-0.25, -0.2) is 13.8 Å². The van der Waals surface area contributed by atoms with Crippen LogP contribution in [0.1, 0.15) is 17.1 Å². The Morgan fingerprint density at radius 1 is 1.10 bits per heavy atom. The van der Waals surface area contributed by atoms with Gasteiger partial charge in [-0.1, -0.05) is 12.1 Å². The molecule has 0 aliphatic heterocycles. The molecule has 2 heterocycles. The van der Waals surface area contributed by atoms with Gasteiger partial charge < -0.3 is 9.66 Å². The fourth-order valence-electron chi connectivity index (χ4n) is 3.42. The number of rotatable bonds is 6. The lowest BCUT2D eigenvalue weighted by atomic mass is 9.85. The van der Waals surface area contributed by atoms with Crippen LogP contribution >= 0.6 is 0 Å². The van der Waals surface area contributed by atoms with E-state index in [2.05, 4.69) is 20.2 Å². The SMILES string of the molecule is C[S+]([O-])c1ccc2nc(CC(O)(Cc3nc[nH]n3)c3ccc(F)cc3F)ccc2c1. The molecule has 2 aromatic heterocycles. The van der Waals surface area contributed by atoms with E-state index in [1.54, 1.807) is 30.5 Å². The summed E-state index contributed by atoms with van der Waals surface area (Å²) in [4.78, 5) is 9.26. The van der Waals surface area contributed by atoms with Crippen molar-refractivity contribution in [2.75, 3.05) is 6.26 Å². The van der Waals surface area contributed by atoms with Gasteiger partial charge in [0.25, 0.3) is 0 Å². The van der Waals surface area contributed by atoms with Crippen molar-refractivity contribution in [3.63, 3.8) is 0 Å². The third kappa shape index (κ3) is 4.18. The zero-order valence-corrected chi connectivity index (χ0v) is 16.8. The van der Waals surface area contributed by atoms with Gasteiger partial charge in [0.2, 0.25) is 0 Å². The molecule has 0 aliphatic rings.